The van der Waals surface area contributed by atoms with Crippen molar-refractivity contribution in [2.45, 2.75) is 19.2 Å². The number of halogens is 3. The molecule has 0 N–H and O–H groups in total. The molecular weight excluding hydrogens is 246 g/mol. The SMILES string of the molecule is Cc1cc(C(F)F)nn1-c1ccc(CCl)cc1. The van der Waals surface area contributed by atoms with E-state index in [-0.39, 0.29) is 5.69 Å². The van der Waals surface area contributed by atoms with E-state index in [4.69, 9.17) is 11.6 Å². The van der Waals surface area contributed by atoms with Gasteiger partial charge in [0, 0.05) is 11.6 Å². The molecule has 1 aromatic heterocycles. The van der Waals surface area contributed by atoms with Gasteiger partial charge < -0.3 is 0 Å². The first-order valence-electron chi connectivity index (χ1n) is 5.12. The fourth-order valence-corrected chi connectivity index (χ4v) is 1.77. The van der Waals surface area contributed by atoms with E-state index >= 15 is 0 Å². The van der Waals surface area contributed by atoms with E-state index in [1.54, 1.807) is 6.92 Å². The number of rotatable bonds is 3. The second kappa shape index (κ2) is 4.84. The molecule has 0 saturated heterocycles. The van der Waals surface area contributed by atoms with Crippen LogP contribution in [0.25, 0.3) is 5.69 Å². The maximum Gasteiger partial charge on any atom is 0.282 e. The lowest BCUT2D eigenvalue weighted by Crippen LogP contribution is -1.99. The molecule has 90 valence electrons. The molecule has 2 aromatic rings. The van der Waals surface area contributed by atoms with Crippen molar-refractivity contribution in [3.8, 4) is 5.69 Å². The third kappa shape index (κ3) is 2.47. The summed E-state index contributed by atoms with van der Waals surface area (Å²) in [7, 11) is 0. The quantitative estimate of drug-likeness (QED) is 0.763. The first-order chi connectivity index (χ1) is 8.11. The van der Waals surface area contributed by atoms with Crippen molar-refractivity contribution in [3.05, 3.63) is 47.3 Å². The number of nitrogens with zero attached hydrogens (tertiary/aromatic N) is 2. The maximum absolute atomic E-state index is 12.5. The standard InChI is InChI=1S/C12H11ClF2N2/c1-8-6-11(12(14)15)16-17(8)10-4-2-9(7-13)3-5-10/h2-6,12H,7H2,1H3. The largest absolute Gasteiger partial charge is 0.282 e. The molecule has 0 radical (unpaired) electrons. The van der Waals surface area contributed by atoms with E-state index in [0.717, 1.165) is 11.3 Å². The van der Waals surface area contributed by atoms with Gasteiger partial charge in [-0.2, -0.15) is 5.10 Å². The number of hydrogen-bond donors (Lipinski definition) is 0. The highest BCUT2D eigenvalue weighted by atomic mass is 35.5. The van der Waals surface area contributed by atoms with Crippen LogP contribution in [-0.2, 0) is 5.88 Å². The van der Waals surface area contributed by atoms with Crippen LogP contribution in [0.1, 0.15) is 23.4 Å². The minimum atomic E-state index is -2.54. The van der Waals surface area contributed by atoms with Crippen molar-refractivity contribution in [2.24, 2.45) is 0 Å². The second-order valence-corrected chi connectivity index (χ2v) is 3.99. The molecule has 17 heavy (non-hydrogen) atoms. The van der Waals surface area contributed by atoms with Crippen molar-refractivity contribution in [2.75, 3.05) is 0 Å². The van der Waals surface area contributed by atoms with E-state index in [2.05, 4.69) is 5.10 Å². The van der Waals surface area contributed by atoms with Crippen LogP contribution >= 0.6 is 11.6 Å². The Morgan fingerprint density at radius 3 is 2.41 bits per heavy atom. The molecule has 0 bridgehead atoms. The fraction of sp³-hybridized carbons (Fsp3) is 0.250. The van der Waals surface area contributed by atoms with Gasteiger partial charge in [-0.3, -0.25) is 0 Å². The van der Waals surface area contributed by atoms with E-state index in [0.29, 0.717) is 11.6 Å². The van der Waals surface area contributed by atoms with Crippen LogP contribution < -0.4 is 0 Å². The summed E-state index contributed by atoms with van der Waals surface area (Å²) < 4.78 is 26.5. The van der Waals surface area contributed by atoms with E-state index in [1.807, 2.05) is 24.3 Å². The molecule has 0 atom stereocenters. The Morgan fingerprint density at radius 1 is 1.29 bits per heavy atom. The average Bonchev–Trinajstić information content (AvgIpc) is 2.72. The summed E-state index contributed by atoms with van der Waals surface area (Å²) in [4.78, 5) is 0. The van der Waals surface area contributed by atoms with Gasteiger partial charge in [0.1, 0.15) is 5.69 Å². The van der Waals surface area contributed by atoms with Gasteiger partial charge in [0.2, 0.25) is 0 Å². The summed E-state index contributed by atoms with van der Waals surface area (Å²) in [5.41, 5.74) is 2.21. The highest BCUT2D eigenvalue weighted by Gasteiger charge is 2.14. The molecule has 1 aromatic carbocycles. The first kappa shape index (κ1) is 12.0. The predicted octanol–water partition coefficient (Wildman–Crippen LogP) is 3.86. The Bertz CT molecular complexity index is 506. The molecule has 1 heterocycles. The topological polar surface area (TPSA) is 17.8 Å². The van der Waals surface area contributed by atoms with Crippen LogP contribution in [0.2, 0.25) is 0 Å². The van der Waals surface area contributed by atoms with E-state index < -0.39 is 6.43 Å². The minimum absolute atomic E-state index is 0.205. The number of aromatic nitrogens is 2. The molecular formula is C12H11ClF2N2. The molecule has 2 rings (SSSR count). The molecule has 0 fully saturated rings. The Labute approximate surface area is 103 Å². The third-order valence-corrected chi connectivity index (χ3v) is 2.77. The van der Waals surface area contributed by atoms with Gasteiger partial charge in [0.15, 0.2) is 0 Å². The molecule has 0 amide bonds. The van der Waals surface area contributed by atoms with Crippen molar-refractivity contribution in [3.63, 3.8) is 0 Å². The minimum Gasteiger partial charge on any atom is -0.238 e. The van der Waals surface area contributed by atoms with Crippen LogP contribution in [0.3, 0.4) is 0 Å². The van der Waals surface area contributed by atoms with Crippen LogP contribution in [0.5, 0.6) is 0 Å². The number of alkyl halides is 3. The zero-order valence-electron chi connectivity index (χ0n) is 9.20. The molecule has 0 aliphatic rings. The Hall–Kier alpha value is -1.42. The van der Waals surface area contributed by atoms with Gasteiger partial charge in [0.25, 0.3) is 6.43 Å². The second-order valence-electron chi connectivity index (χ2n) is 3.72. The molecule has 0 aliphatic heterocycles. The highest BCUT2D eigenvalue weighted by Crippen LogP contribution is 2.20. The molecule has 5 heteroatoms. The van der Waals surface area contributed by atoms with Crippen LogP contribution in [0.15, 0.2) is 30.3 Å². The van der Waals surface area contributed by atoms with Crippen molar-refractivity contribution < 1.29 is 8.78 Å². The summed E-state index contributed by atoms with van der Waals surface area (Å²) in [5.74, 6) is 0.431. The van der Waals surface area contributed by atoms with Gasteiger partial charge in [-0.05, 0) is 30.7 Å². The number of hydrogen-bond acceptors (Lipinski definition) is 1. The molecule has 2 nitrogen and oxygen atoms in total. The van der Waals surface area contributed by atoms with Crippen LogP contribution in [0, 0.1) is 6.92 Å². The Kier molecular flexibility index (Phi) is 3.43. The lowest BCUT2D eigenvalue weighted by Gasteiger charge is -2.04. The van der Waals surface area contributed by atoms with Gasteiger partial charge in [0.05, 0.1) is 5.69 Å². The summed E-state index contributed by atoms with van der Waals surface area (Å²) in [6.07, 6.45) is -2.54. The van der Waals surface area contributed by atoms with Gasteiger partial charge >= 0.3 is 0 Å². The lowest BCUT2D eigenvalue weighted by atomic mass is 10.2. The fourth-order valence-electron chi connectivity index (χ4n) is 1.59. The lowest BCUT2D eigenvalue weighted by molar-refractivity contribution is 0.145. The monoisotopic (exact) mass is 256 g/mol. The Morgan fingerprint density at radius 2 is 1.94 bits per heavy atom. The predicted molar refractivity (Wildman–Crippen MR) is 62.8 cm³/mol. The van der Waals surface area contributed by atoms with Crippen LogP contribution in [0.4, 0.5) is 8.78 Å². The molecule has 0 unspecified atom stereocenters. The maximum atomic E-state index is 12.5. The van der Waals surface area contributed by atoms with Crippen molar-refractivity contribution in [1.29, 1.82) is 0 Å². The van der Waals surface area contributed by atoms with Crippen molar-refractivity contribution >= 4 is 11.6 Å². The zero-order valence-corrected chi connectivity index (χ0v) is 9.96. The summed E-state index contributed by atoms with van der Waals surface area (Å²) >= 11 is 5.68. The first-order valence-corrected chi connectivity index (χ1v) is 5.65. The summed E-state index contributed by atoms with van der Waals surface area (Å²) in [6.45, 7) is 1.74. The molecule has 0 spiro atoms. The van der Waals surface area contributed by atoms with Crippen molar-refractivity contribution in [1.82, 2.24) is 9.78 Å². The van der Waals surface area contributed by atoms with Gasteiger partial charge in [-0.25, -0.2) is 13.5 Å². The average molecular weight is 257 g/mol. The van der Waals surface area contributed by atoms with Gasteiger partial charge in [-0.15, -0.1) is 11.6 Å². The number of benzene rings is 1. The zero-order chi connectivity index (χ0) is 12.4. The van der Waals surface area contributed by atoms with Gasteiger partial charge in [-0.1, -0.05) is 12.1 Å². The smallest absolute Gasteiger partial charge is 0.238 e. The van der Waals surface area contributed by atoms with E-state index in [9.17, 15) is 8.78 Å². The Balaban J connectivity index is 2.38. The summed E-state index contributed by atoms with van der Waals surface area (Å²) in [5, 5.41) is 3.87. The highest BCUT2D eigenvalue weighted by molar-refractivity contribution is 6.17. The van der Waals surface area contributed by atoms with Crippen LogP contribution in [-0.4, -0.2) is 9.78 Å². The normalized spacial score (nSPS) is 11.1. The summed E-state index contributed by atoms with van der Waals surface area (Å²) in [6, 6.07) is 8.72. The molecule has 0 saturated carbocycles. The third-order valence-electron chi connectivity index (χ3n) is 2.47. The molecule has 0 aliphatic carbocycles. The number of aryl methyl sites for hydroxylation is 1. The van der Waals surface area contributed by atoms with E-state index in [1.165, 1.54) is 10.7 Å².